The topological polar surface area (TPSA) is 92.9 Å². The Bertz CT molecular complexity index is 563. The maximum atomic E-state index is 10.6. The number of nitro benzene ring substituents is 1. The van der Waals surface area contributed by atoms with Crippen molar-refractivity contribution in [3.63, 3.8) is 0 Å². The van der Waals surface area contributed by atoms with Crippen molar-refractivity contribution in [3.8, 4) is 6.07 Å². The van der Waals surface area contributed by atoms with Crippen molar-refractivity contribution < 1.29 is 4.92 Å². The molecule has 86 valence electrons. The van der Waals surface area contributed by atoms with E-state index < -0.39 is 4.92 Å². The van der Waals surface area contributed by atoms with Crippen LogP contribution in [0, 0.1) is 21.4 Å². The normalized spacial score (nSPS) is 10.7. The Morgan fingerprint density at radius 2 is 2.29 bits per heavy atom. The maximum Gasteiger partial charge on any atom is 0.288 e. The SMILES string of the molecule is N#C/C(=C/c1ccc(Cl)c([N+](=O)[O-])c1)C(N)=S. The highest BCUT2D eigenvalue weighted by molar-refractivity contribution is 7.80. The number of halogens is 1. The molecule has 0 aliphatic carbocycles. The third kappa shape index (κ3) is 3.24. The largest absolute Gasteiger partial charge is 0.389 e. The predicted molar refractivity (Wildman–Crippen MR) is 68.5 cm³/mol. The quantitative estimate of drug-likeness (QED) is 0.298. The Labute approximate surface area is 107 Å². The standard InChI is InChI=1S/C10H6ClN3O2S/c11-8-2-1-6(4-9(8)14(15)16)3-7(5-12)10(13)17/h1-4H,(H2,13,17)/b7-3-. The molecule has 17 heavy (non-hydrogen) atoms. The third-order valence-electron chi connectivity index (χ3n) is 1.86. The van der Waals surface area contributed by atoms with Gasteiger partial charge in [0.25, 0.3) is 5.69 Å². The molecule has 0 amide bonds. The third-order valence-corrected chi connectivity index (χ3v) is 2.40. The van der Waals surface area contributed by atoms with E-state index in [1.54, 1.807) is 6.07 Å². The van der Waals surface area contributed by atoms with Crippen LogP contribution in [0.5, 0.6) is 0 Å². The van der Waals surface area contributed by atoms with Gasteiger partial charge in [-0.1, -0.05) is 29.9 Å². The molecular weight excluding hydrogens is 262 g/mol. The zero-order chi connectivity index (χ0) is 13.0. The van der Waals surface area contributed by atoms with E-state index in [0.29, 0.717) is 5.56 Å². The van der Waals surface area contributed by atoms with Crippen molar-refractivity contribution in [2.45, 2.75) is 0 Å². The van der Waals surface area contributed by atoms with Gasteiger partial charge >= 0.3 is 0 Å². The van der Waals surface area contributed by atoms with E-state index in [4.69, 9.17) is 22.6 Å². The minimum absolute atomic E-state index is 0.0287. The molecule has 0 aliphatic rings. The van der Waals surface area contributed by atoms with Crippen LogP contribution in [-0.2, 0) is 0 Å². The van der Waals surface area contributed by atoms with E-state index in [1.165, 1.54) is 24.3 Å². The lowest BCUT2D eigenvalue weighted by Gasteiger charge is -1.98. The Kier molecular flexibility index (Phi) is 4.15. The molecule has 0 radical (unpaired) electrons. The number of nitriles is 1. The number of rotatable bonds is 3. The smallest absolute Gasteiger partial charge is 0.288 e. The fourth-order valence-electron chi connectivity index (χ4n) is 1.08. The number of nitrogens with two attached hydrogens (primary N) is 1. The molecule has 1 rings (SSSR count). The zero-order valence-electron chi connectivity index (χ0n) is 8.38. The molecule has 0 aliphatic heterocycles. The summed E-state index contributed by atoms with van der Waals surface area (Å²) in [6.45, 7) is 0. The van der Waals surface area contributed by atoms with Crippen LogP contribution in [0.1, 0.15) is 5.56 Å². The molecule has 0 atom stereocenters. The minimum Gasteiger partial charge on any atom is -0.389 e. The summed E-state index contributed by atoms with van der Waals surface area (Å²) in [5.41, 5.74) is 5.58. The molecule has 1 aromatic rings. The van der Waals surface area contributed by atoms with Crippen molar-refractivity contribution in [3.05, 3.63) is 44.5 Å². The van der Waals surface area contributed by atoms with Crippen LogP contribution in [0.2, 0.25) is 5.02 Å². The first-order valence-electron chi connectivity index (χ1n) is 4.31. The van der Waals surface area contributed by atoms with Crippen molar-refractivity contribution in [2.24, 2.45) is 5.73 Å². The summed E-state index contributed by atoms with van der Waals surface area (Å²) in [6.07, 6.45) is 1.37. The molecular formula is C10H6ClN3O2S. The first kappa shape index (κ1) is 13.1. The van der Waals surface area contributed by atoms with E-state index >= 15 is 0 Å². The van der Waals surface area contributed by atoms with Crippen LogP contribution in [0.4, 0.5) is 5.69 Å². The summed E-state index contributed by atoms with van der Waals surface area (Å²) in [6, 6.07) is 5.96. The highest BCUT2D eigenvalue weighted by Crippen LogP contribution is 2.25. The van der Waals surface area contributed by atoms with Crippen LogP contribution in [-0.4, -0.2) is 9.91 Å². The van der Waals surface area contributed by atoms with Gasteiger partial charge in [0.05, 0.1) is 10.5 Å². The van der Waals surface area contributed by atoms with Gasteiger partial charge in [0.15, 0.2) is 0 Å². The second-order valence-corrected chi connectivity index (χ2v) is 3.85. The van der Waals surface area contributed by atoms with E-state index in [0.717, 1.165) is 0 Å². The molecule has 1 aromatic carbocycles. The second kappa shape index (κ2) is 5.39. The molecule has 2 N–H and O–H groups in total. The monoisotopic (exact) mass is 267 g/mol. The summed E-state index contributed by atoms with van der Waals surface area (Å²) >= 11 is 10.3. The summed E-state index contributed by atoms with van der Waals surface area (Å²) in [5.74, 6) is 0. The number of nitro groups is 1. The molecule has 0 bridgehead atoms. The van der Waals surface area contributed by atoms with E-state index in [9.17, 15) is 10.1 Å². The molecule has 0 spiro atoms. The number of benzene rings is 1. The molecule has 0 aromatic heterocycles. The van der Waals surface area contributed by atoms with Gasteiger partial charge in [0, 0.05) is 6.07 Å². The summed E-state index contributed by atoms with van der Waals surface area (Å²) in [4.78, 5) is 9.98. The van der Waals surface area contributed by atoms with Crippen LogP contribution in [0.25, 0.3) is 6.08 Å². The van der Waals surface area contributed by atoms with Crippen LogP contribution >= 0.6 is 23.8 Å². The highest BCUT2D eigenvalue weighted by Gasteiger charge is 2.12. The first-order valence-corrected chi connectivity index (χ1v) is 5.10. The second-order valence-electron chi connectivity index (χ2n) is 3.00. The van der Waals surface area contributed by atoms with Gasteiger partial charge in [-0.3, -0.25) is 10.1 Å². The van der Waals surface area contributed by atoms with Gasteiger partial charge in [-0.2, -0.15) is 5.26 Å². The predicted octanol–water partition coefficient (Wildman–Crippen LogP) is 2.44. The number of hydrogen-bond donors (Lipinski definition) is 1. The Hall–Kier alpha value is -1.97. The van der Waals surface area contributed by atoms with Crippen LogP contribution in [0.15, 0.2) is 23.8 Å². The van der Waals surface area contributed by atoms with Crippen molar-refractivity contribution in [1.82, 2.24) is 0 Å². The van der Waals surface area contributed by atoms with Crippen LogP contribution in [0.3, 0.4) is 0 Å². The lowest BCUT2D eigenvalue weighted by molar-refractivity contribution is -0.384. The van der Waals surface area contributed by atoms with Gasteiger partial charge in [-0.05, 0) is 17.7 Å². The maximum absolute atomic E-state index is 10.6. The fourth-order valence-corrected chi connectivity index (χ4v) is 1.38. The molecule has 0 unspecified atom stereocenters. The zero-order valence-corrected chi connectivity index (χ0v) is 9.96. The number of hydrogen-bond acceptors (Lipinski definition) is 4. The summed E-state index contributed by atoms with van der Waals surface area (Å²) in [5, 5.41) is 19.4. The average molecular weight is 268 g/mol. The molecule has 0 heterocycles. The van der Waals surface area contributed by atoms with Crippen molar-refractivity contribution >= 4 is 40.6 Å². The van der Waals surface area contributed by atoms with Gasteiger partial charge in [0.1, 0.15) is 16.1 Å². The molecule has 7 heteroatoms. The Balaban J connectivity index is 3.27. The highest BCUT2D eigenvalue weighted by atomic mass is 35.5. The van der Waals surface area contributed by atoms with Crippen molar-refractivity contribution in [2.75, 3.05) is 0 Å². The van der Waals surface area contributed by atoms with Crippen molar-refractivity contribution in [1.29, 1.82) is 5.26 Å². The first-order chi connectivity index (χ1) is 7.95. The van der Waals surface area contributed by atoms with Crippen LogP contribution < -0.4 is 5.73 Å². The summed E-state index contributed by atoms with van der Waals surface area (Å²) in [7, 11) is 0. The van der Waals surface area contributed by atoms with Gasteiger partial charge in [0.2, 0.25) is 0 Å². The van der Waals surface area contributed by atoms with E-state index in [-0.39, 0.29) is 21.3 Å². The van der Waals surface area contributed by atoms with Gasteiger partial charge < -0.3 is 5.73 Å². The molecule has 0 saturated carbocycles. The number of thiocarbonyl (C=S) groups is 1. The van der Waals surface area contributed by atoms with E-state index in [2.05, 4.69) is 12.2 Å². The minimum atomic E-state index is -0.605. The Morgan fingerprint density at radius 3 is 2.76 bits per heavy atom. The van der Waals surface area contributed by atoms with Gasteiger partial charge in [-0.15, -0.1) is 0 Å². The van der Waals surface area contributed by atoms with Gasteiger partial charge in [-0.25, -0.2) is 0 Å². The summed E-state index contributed by atoms with van der Waals surface area (Å²) < 4.78 is 0. The molecule has 0 saturated heterocycles. The fraction of sp³-hybridized carbons (Fsp3) is 0. The molecule has 0 fully saturated rings. The molecule has 5 nitrogen and oxygen atoms in total. The lowest BCUT2D eigenvalue weighted by atomic mass is 10.1. The Morgan fingerprint density at radius 1 is 1.65 bits per heavy atom. The average Bonchev–Trinajstić information content (AvgIpc) is 2.27. The van der Waals surface area contributed by atoms with E-state index in [1.807, 2.05) is 0 Å². The number of nitrogens with zero attached hydrogens (tertiary/aromatic N) is 2. The lowest BCUT2D eigenvalue weighted by Crippen LogP contribution is -2.09.